The summed E-state index contributed by atoms with van der Waals surface area (Å²) >= 11 is 6.00. The quantitative estimate of drug-likeness (QED) is 0.833. The molecule has 2 aromatic rings. The molecule has 0 saturated heterocycles. The molecule has 0 bridgehead atoms. The maximum Gasteiger partial charge on any atom is 0.243 e. The summed E-state index contributed by atoms with van der Waals surface area (Å²) in [7, 11) is -0.702. The predicted molar refractivity (Wildman–Crippen MR) is 82.6 cm³/mol. The lowest BCUT2D eigenvalue weighted by Crippen LogP contribution is -2.27. The van der Waals surface area contributed by atoms with Gasteiger partial charge in [0.25, 0.3) is 0 Å². The molecule has 0 fully saturated rings. The molecule has 120 valence electrons. The van der Waals surface area contributed by atoms with Crippen molar-refractivity contribution in [2.24, 2.45) is 0 Å². The smallest absolute Gasteiger partial charge is 0.243 e. The molecule has 0 amide bonds. The van der Waals surface area contributed by atoms with Gasteiger partial charge in [0.15, 0.2) is 0 Å². The van der Waals surface area contributed by atoms with Crippen LogP contribution < -0.4 is 4.74 Å². The molecule has 1 aromatic carbocycles. The second-order valence-electron chi connectivity index (χ2n) is 4.86. The molecule has 1 heterocycles. The van der Waals surface area contributed by atoms with E-state index >= 15 is 0 Å². The maximum atomic E-state index is 12.6. The number of nitrogens with zero attached hydrogens (tertiary/aromatic N) is 2. The third kappa shape index (κ3) is 3.11. The summed E-state index contributed by atoms with van der Waals surface area (Å²) in [6, 6.07) is 4.36. The largest absolute Gasteiger partial charge is 0.495 e. The number of ether oxygens (including phenoxy) is 1. The second kappa shape index (κ2) is 6.28. The van der Waals surface area contributed by atoms with Gasteiger partial charge in [-0.2, -0.15) is 4.31 Å². The maximum absolute atomic E-state index is 12.6. The van der Waals surface area contributed by atoms with Crippen molar-refractivity contribution in [3.63, 3.8) is 0 Å². The van der Waals surface area contributed by atoms with E-state index in [4.69, 9.17) is 20.9 Å². The zero-order valence-corrected chi connectivity index (χ0v) is 14.3. The summed E-state index contributed by atoms with van der Waals surface area (Å²) < 4.78 is 36.5. The SMILES string of the molecule is COc1ccc(S(=O)(=O)N(C)Cc2c(C)noc2C)cc1Cl. The third-order valence-electron chi connectivity index (χ3n) is 3.39. The van der Waals surface area contributed by atoms with Crippen LogP contribution in [-0.4, -0.2) is 32.0 Å². The molecule has 1 aromatic heterocycles. The van der Waals surface area contributed by atoms with Crippen LogP contribution in [0.4, 0.5) is 0 Å². The van der Waals surface area contributed by atoms with Gasteiger partial charge in [-0.1, -0.05) is 16.8 Å². The highest BCUT2D eigenvalue weighted by Gasteiger charge is 2.24. The molecule has 0 aliphatic carbocycles. The fourth-order valence-electron chi connectivity index (χ4n) is 2.02. The third-order valence-corrected chi connectivity index (χ3v) is 5.49. The molecule has 0 aliphatic rings. The molecule has 8 heteroatoms. The Hall–Kier alpha value is -1.57. The van der Waals surface area contributed by atoms with Gasteiger partial charge in [-0.05, 0) is 32.0 Å². The fourth-order valence-corrected chi connectivity index (χ4v) is 3.51. The Kier molecular flexibility index (Phi) is 4.79. The standard InChI is InChI=1S/C14H17ClN2O4S/c1-9-12(10(2)21-16-9)8-17(3)22(18,19)11-5-6-14(20-4)13(15)7-11/h5-7H,8H2,1-4H3. The Bertz CT molecular complexity index is 767. The number of benzene rings is 1. The summed E-state index contributed by atoms with van der Waals surface area (Å²) in [6.45, 7) is 3.70. The Balaban J connectivity index is 2.32. The van der Waals surface area contributed by atoms with Gasteiger partial charge in [-0.3, -0.25) is 0 Å². The van der Waals surface area contributed by atoms with E-state index in [1.807, 2.05) is 0 Å². The van der Waals surface area contributed by atoms with Gasteiger partial charge in [-0.15, -0.1) is 0 Å². The van der Waals surface area contributed by atoms with E-state index in [1.165, 1.54) is 36.7 Å². The summed E-state index contributed by atoms with van der Waals surface area (Å²) in [5.41, 5.74) is 1.43. The van der Waals surface area contributed by atoms with Gasteiger partial charge in [-0.25, -0.2) is 8.42 Å². The highest BCUT2D eigenvalue weighted by atomic mass is 35.5. The van der Waals surface area contributed by atoms with Crippen molar-refractivity contribution in [2.75, 3.05) is 14.2 Å². The number of hydrogen-bond acceptors (Lipinski definition) is 5. The lowest BCUT2D eigenvalue weighted by molar-refractivity contribution is 0.390. The number of sulfonamides is 1. The van der Waals surface area contributed by atoms with Crippen molar-refractivity contribution in [1.29, 1.82) is 0 Å². The van der Waals surface area contributed by atoms with Gasteiger partial charge in [0, 0.05) is 19.2 Å². The lowest BCUT2D eigenvalue weighted by Gasteiger charge is -2.17. The summed E-state index contributed by atoms with van der Waals surface area (Å²) in [5, 5.41) is 4.07. The minimum absolute atomic E-state index is 0.104. The number of halogens is 1. The van der Waals surface area contributed by atoms with Gasteiger partial charge < -0.3 is 9.26 Å². The Labute approximate surface area is 134 Å². The second-order valence-corrected chi connectivity index (χ2v) is 7.31. The van der Waals surface area contributed by atoms with E-state index in [1.54, 1.807) is 13.8 Å². The van der Waals surface area contributed by atoms with Crippen LogP contribution in [-0.2, 0) is 16.6 Å². The van der Waals surface area contributed by atoms with Crippen molar-refractivity contribution >= 4 is 21.6 Å². The number of rotatable bonds is 5. The Morgan fingerprint density at radius 2 is 2.05 bits per heavy atom. The van der Waals surface area contributed by atoms with Crippen molar-refractivity contribution in [3.8, 4) is 5.75 Å². The number of hydrogen-bond donors (Lipinski definition) is 0. The lowest BCUT2D eigenvalue weighted by atomic mass is 10.2. The van der Waals surface area contributed by atoms with Crippen LogP contribution >= 0.6 is 11.6 Å². The van der Waals surface area contributed by atoms with Gasteiger partial charge in [0.05, 0.1) is 22.7 Å². The topological polar surface area (TPSA) is 72.6 Å². The molecule has 0 N–H and O–H groups in total. The van der Waals surface area contributed by atoms with E-state index in [-0.39, 0.29) is 16.5 Å². The molecule has 0 spiro atoms. The molecule has 0 unspecified atom stereocenters. The normalized spacial score (nSPS) is 11.9. The molecule has 2 rings (SSSR count). The molecule has 6 nitrogen and oxygen atoms in total. The van der Waals surface area contributed by atoms with Gasteiger partial charge in [0.1, 0.15) is 11.5 Å². The van der Waals surface area contributed by atoms with E-state index in [0.29, 0.717) is 17.2 Å². The number of aromatic nitrogens is 1. The summed E-state index contributed by atoms with van der Waals surface area (Å²) in [5.74, 6) is 1.03. The van der Waals surface area contributed by atoms with Crippen molar-refractivity contribution in [1.82, 2.24) is 9.46 Å². The zero-order valence-electron chi connectivity index (χ0n) is 12.8. The van der Waals surface area contributed by atoms with E-state index in [9.17, 15) is 8.42 Å². The van der Waals surface area contributed by atoms with Crippen molar-refractivity contribution in [2.45, 2.75) is 25.3 Å². The summed E-state index contributed by atoms with van der Waals surface area (Å²) in [6.07, 6.45) is 0. The first-order chi connectivity index (χ1) is 10.3. The van der Waals surface area contributed by atoms with Gasteiger partial charge in [0.2, 0.25) is 10.0 Å². The first kappa shape index (κ1) is 16.8. The molecular weight excluding hydrogens is 328 g/mol. The Morgan fingerprint density at radius 3 is 2.55 bits per heavy atom. The molecule has 0 aliphatic heterocycles. The summed E-state index contributed by atoms with van der Waals surface area (Å²) in [4.78, 5) is 0.104. The van der Waals surface area contributed by atoms with Crippen LogP contribution in [0.3, 0.4) is 0 Å². The highest BCUT2D eigenvalue weighted by Crippen LogP contribution is 2.28. The molecule has 0 saturated carbocycles. The van der Waals surface area contributed by atoms with Crippen LogP contribution in [0.1, 0.15) is 17.0 Å². The first-order valence-corrected chi connectivity index (χ1v) is 8.30. The molecule has 0 radical (unpaired) electrons. The van der Waals surface area contributed by atoms with Crippen molar-refractivity contribution < 1.29 is 17.7 Å². The van der Waals surface area contributed by atoms with E-state index in [0.717, 1.165) is 5.56 Å². The van der Waals surface area contributed by atoms with Crippen LogP contribution in [0.25, 0.3) is 0 Å². The van der Waals surface area contributed by atoms with E-state index < -0.39 is 10.0 Å². The van der Waals surface area contributed by atoms with Crippen molar-refractivity contribution in [3.05, 3.63) is 40.2 Å². The minimum atomic E-state index is -3.67. The number of methoxy groups -OCH3 is 1. The van der Waals surface area contributed by atoms with Crippen LogP contribution in [0.2, 0.25) is 5.02 Å². The predicted octanol–water partition coefficient (Wildman–Crippen LogP) is 2.77. The zero-order chi connectivity index (χ0) is 16.5. The van der Waals surface area contributed by atoms with Crippen LogP contribution in [0.5, 0.6) is 5.75 Å². The number of aryl methyl sites for hydroxylation is 2. The minimum Gasteiger partial charge on any atom is -0.495 e. The van der Waals surface area contributed by atoms with Crippen LogP contribution in [0, 0.1) is 13.8 Å². The van der Waals surface area contributed by atoms with Gasteiger partial charge >= 0.3 is 0 Å². The monoisotopic (exact) mass is 344 g/mol. The fraction of sp³-hybridized carbons (Fsp3) is 0.357. The van der Waals surface area contributed by atoms with Crippen LogP contribution in [0.15, 0.2) is 27.6 Å². The highest BCUT2D eigenvalue weighted by molar-refractivity contribution is 7.89. The average molecular weight is 345 g/mol. The Morgan fingerprint density at radius 1 is 1.36 bits per heavy atom. The van der Waals surface area contributed by atoms with E-state index in [2.05, 4.69) is 5.16 Å². The molecule has 22 heavy (non-hydrogen) atoms. The molecule has 0 atom stereocenters. The molecular formula is C14H17ClN2O4S. The average Bonchev–Trinajstić information content (AvgIpc) is 2.78. The first-order valence-electron chi connectivity index (χ1n) is 6.49.